The Kier molecular flexibility index (Phi) is 4.60. The summed E-state index contributed by atoms with van der Waals surface area (Å²) < 4.78 is 0. The molecule has 0 spiro atoms. The maximum absolute atomic E-state index is 5.04. The van der Waals surface area contributed by atoms with Crippen molar-refractivity contribution < 1.29 is 0 Å². The summed E-state index contributed by atoms with van der Waals surface area (Å²) in [7, 11) is 2.12. The standard InChI is InChI=1S/C17H30N2S/c1-12(2)13-9-7-8-10-17(13,18-6)15-19-14(11-20-15)16(3,4)5/h11-13,18H,7-10H2,1-6H3. The van der Waals surface area contributed by atoms with Gasteiger partial charge in [-0.25, -0.2) is 4.98 Å². The topological polar surface area (TPSA) is 24.9 Å². The van der Waals surface area contributed by atoms with Crippen LogP contribution in [-0.2, 0) is 11.0 Å². The van der Waals surface area contributed by atoms with Gasteiger partial charge >= 0.3 is 0 Å². The summed E-state index contributed by atoms with van der Waals surface area (Å²) in [5.74, 6) is 1.39. The summed E-state index contributed by atoms with van der Waals surface area (Å²) >= 11 is 1.85. The molecule has 0 bridgehead atoms. The van der Waals surface area contributed by atoms with Gasteiger partial charge in [0.2, 0.25) is 0 Å². The summed E-state index contributed by atoms with van der Waals surface area (Å²) in [5, 5.41) is 7.25. The molecule has 2 atom stereocenters. The lowest BCUT2D eigenvalue weighted by molar-refractivity contribution is 0.108. The van der Waals surface area contributed by atoms with Gasteiger partial charge in [-0.1, -0.05) is 47.5 Å². The number of hydrogen-bond donors (Lipinski definition) is 1. The van der Waals surface area contributed by atoms with E-state index in [1.54, 1.807) is 0 Å². The molecule has 1 heterocycles. The van der Waals surface area contributed by atoms with Crippen LogP contribution < -0.4 is 5.32 Å². The van der Waals surface area contributed by atoms with Crippen LogP contribution in [0.15, 0.2) is 5.38 Å². The lowest BCUT2D eigenvalue weighted by Crippen LogP contribution is -2.50. The van der Waals surface area contributed by atoms with Gasteiger partial charge in [-0.3, -0.25) is 0 Å². The number of nitrogens with one attached hydrogen (secondary N) is 1. The van der Waals surface area contributed by atoms with Crippen molar-refractivity contribution in [1.82, 2.24) is 10.3 Å². The molecule has 2 nitrogen and oxygen atoms in total. The van der Waals surface area contributed by atoms with Gasteiger partial charge in [0, 0.05) is 10.8 Å². The first-order valence-electron chi connectivity index (χ1n) is 7.96. The maximum Gasteiger partial charge on any atom is 0.113 e. The zero-order chi connectivity index (χ0) is 15.0. The molecular weight excluding hydrogens is 264 g/mol. The zero-order valence-corrected chi connectivity index (χ0v) is 14.7. The van der Waals surface area contributed by atoms with Crippen molar-refractivity contribution in [3.8, 4) is 0 Å². The fourth-order valence-electron chi connectivity index (χ4n) is 3.61. The van der Waals surface area contributed by atoms with E-state index in [1.807, 2.05) is 11.3 Å². The van der Waals surface area contributed by atoms with Gasteiger partial charge in [0.05, 0.1) is 11.2 Å². The molecule has 2 unspecified atom stereocenters. The van der Waals surface area contributed by atoms with E-state index in [0.717, 1.165) is 0 Å². The molecule has 1 saturated carbocycles. The Bertz CT molecular complexity index is 444. The summed E-state index contributed by atoms with van der Waals surface area (Å²) in [6, 6.07) is 0. The summed E-state index contributed by atoms with van der Waals surface area (Å²) in [6.07, 6.45) is 5.23. The highest BCUT2D eigenvalue weighted by molar-refractivity contribution is 7.09. The molecule has 0 amide bonds. The molecule has 2 rings (SSSR count). The highest BCUT2D eigenvalue weighted by atomic mass is 32.1. The predicted molar refractivity (Wildman–Crippen MR) is 88.3 cm³/mol. The molecule has 1 aromatic heterocycles. The number of aromatic nitrogens is 1. The van der Waals surface area contributed by atoms with E-state index in [9.17, 15) is 0 Å². The van der Waals surface area contributed by atoms with Crippen molar-refractivity contribution in [2.75, 3.05) is 7.05 Å². The first kappa shape index (κ1) is 16.0. The molecule has 1 aliphatic rings. The average molecular weight is 295 g/mol. The molecule has 20 heavy (non-hydrogen) atoms. The minimum atomic E-state index is 0.0978. The van der Waals surface area contributed by atoms with Gasteiger partial charge in [0.25, 0.3) is 0 Å². The highest BCUT2D eigenvalue weighted by Gasteiger charge is 2.44. The van der Waals surface area contributed by atoms with Crippen molar-refractivity contribution in [2.24, 2.45) is 11.8 Å². The molecule has 1 aromatic rings. The van der Waals surface area contributed by atoms with Crippen molar-refractivity contribution in [3.63, 3.8) is 0 Å². The molecule has 0 saturated heterocycles. The van der Waals surface area contributed by atoms with E-state index >= 15 is 0 Å². The minimum Gasteiger partial charge on any atom is -0.308 e. The monoisotopic (exact) mass is 294 g/mol. The van der Waals surface area contributed by atoms with Crippen LogP contribution in [-0.4, -0.2) is 12.0 Å². The molecule has 1 aliphatic carbocycles. The normalized spacial score (nSPS) is 28.1. The summed E-state index contributed by atoms with van der Waals surface area (Å²) in [5.41, 5.74) is 1.48. The van der Waals surface area contributed by atoms with Crippen molar-refractivity contribution in [1.29, 1.82) is 0 Å². The number of thiazole rings is 1. The fourth-order valence-corrected chi connectivity index (χ4v) is 4.95. The van der Waals surface area contributed by atoms with Crippen LogP contribution in [0.5, 0.6) is 0 Å². The second kappa shape index (κ2) is 5.76. The SMILES string of the molecule is CNC1(c2nc(C(C)(C)C)cs2)CCCCC1C(C)C. The van der Waals surface area contributed by atoms with Crippen molar-refractivity contribution in [2.45, 2.75) is 71.3 Å². The largest absolute Gasteiger partial charge is 0.308 e. The third-order valence-electron chi connectivity index (χ3n) is 4.87. The summed E-state index contributed by atoms with van der Waals surface area (Å²) in [4.78, 5) is 5.04. The van der Waals surface area contributed by atoms with Gasteiger partial charge in [-0.15, -0.1) is 11.3 Å². The van der Waals surface area contributed by atoms with E-state index in [0.29, 0.717) is 11.8 Å². The maximum atomic E-state index is 5.04. The molecule has 1 fully saturated rings. The second-order valence-corrected chi connectivity index (χ2v) is 8.46. The highest BCUT2D eigenvalue weighted by Crippen LogP contribution is 2.46. The van der Waals surface area contributed by atoms with Gasteiger partial charge in [-0.2, -0.15) is 0 Å². The van der Waals surface area contributed by atoms with Gasteiger partial charge in [-0.05, 0) is 31.7 Å². The van der Waals surface area contributed by atoms with Gasteiger partial charge < -0.3 is 5.32 Å². The third-order valence-corrected chi connectivity index (χ3v) is 5.89. The van der Waals surface area contributed by atoms with E-state index < -0.39 is 0 Å². The summed E-state index contributed by atoms with van der Waals surface area (Å²) in [6.45, 7) is 11.5. The molecule has 1 N–H and O–H groups in total. The lowest BCUT2D eigenvalue weighted by atomic mass is 9.68. The van der Waals surface area contributed by atoms with Crippen LogP contribution in [0.4, 0.5) is 0 Å². The van der Waals surface area contributed by atoms with Crippen LogP contribution in [0, 0.1) is 11.8 Å². The number of nitrogens with zero attached hydrogens (tertiary/aromatic N) is 1. The molecule has 3 heteroatoms. The van der Waals surface area contributed by atoms with Crippen molar-refractivity contribution in [3.05, 3.63) is 16.1 Å². The average Bonchev–Trinajstić information content (AvgIpc) is 2.88. The first-order chi connectivity index (χ1) is 9.31. The van der Waals surface area contributed by atoms with Crippen LogP contribution in [0.1, 0.15) is 71.0 Å². The molecule has 114 valence electrons. The number of hydrogen-bond acceptors (Lipinski definition) is 3. The number of rotatable bonds is 3. The second-order valence-electron chi connectivity index (χ2n) is 7.61. The zero-order valence-electron chi connectivity index (χ0n) is 13.9. The quantitative estimate of drug-likeness (QED) is 0.874. The van der Waals surface area contributed by atoms with Crippen LogP contribution in [0.25, 0.3) is 0 Å². The predicted octanol–water partition coefficient (Wildman–Crippen LogP) is 4.70. The van der Waals surface area contributed by atoms with Gasteiger partial charge in [0.1, 0.15) is 5.01 Å². The van der Waals surface area contributed by atoms with Gasteiger partial charge in [0.15, 0.2) is 0 Å². The molecule has 0 aromatic carbocycles. The van der Waals surface area contributed by atoms with E-state index in [1.165, 1.54) is 36.4 Å². The Morgan fingerprint density at radius 3 is 2.55 bits per heavy atom. The van der Waals surface area contributed by atoms with E-state index in [-0.39, 0.29) is 11.0 Å². The van der Waals surface area contributed by atoms with Crippen LogP contribution in [0.2, 0.25) is 0 Å². The van der Waals surface area contributed by atoms with Crippen molar-refractivity contribution >= 4 is 11.3 Å². The minimum absolute atomic E-state index is 0.0978. The van der Waals surface area contributed by atoms with E-state index in [4.69, 9.17) is 4.98 Å². The molecule has 0 radical (unpaired) electrons. The molecule has 0 aliphatic heterocycles. The third kappa shape index (κ3) is 2.80. The Labute approximate surface area is 128 Å². The smallest absolute Gasteiger partial charge is 0.113 e. The lowest BCUT2D eigenvalue weighted by Gasteiger charge is -2.45. The van der Waals surface area contributed by atoms with Crippen LogP contribution in [0.3, 0.4) is 0 Å². The Hall–Kier alpha value is -0.410. The Morgan fingerprint density at radius 2 is 2.05 bits per heavy atom. The molecular formula is C17H30N2S. The fraction of sp³-hybridized carbons (Fsp3) is 0.824. The Balaban J connectivity index is 2.41. The van der Waals surface area contributed by atoms with E-state index in [2.05, 4.69) is 52.4 Å². The first-order valence-corrected chi connectivity index (χ1v) is 8.84. The van der Waals surface area contributed by atoms with Crippen LogP contribution >= 0.6 is 11.3 Å². The Morgan fingerprint density at radius 1 is 1.35 bits per heavy atom.